The van der Waals surface area contributed by atoms with E-state index in [1.54, 1.807) is 0 Å². The van der Waals surface area contributed by atoms with E-state index in [-0.39, 0.29) is 23.2 Å². The van der Waals surface area contributed by atoms with Crippen LogP contribution in [-0.4, -0.2) is 11.2 Å². The number of aliphatic hydroxyl groups excluding tert-OH is 1. The maximum absolute atomic E-state index is 8.80. The second kappa shape index (κ2) is 6.60. The minimum atomic E-state index is -0.114. The maximum atomic E-state index is 8.80. The van der Waals surface area contributed by atoms with Gasteiger partial charge in [-0.25, -0.2) is 0 Å². The Hall–Kier alpha value is 0.479. The summed E-state index contributed by atoms with van der Waals surface area (Å²) in [6.07, 6.45) is 1.97. The van der Waals surface area contributed by atoms with Crippen molar-refractivity contribution >= 4 is 0 Å². The summed E-state index contributed by atoms with van der Waals surface area (Å²) in [6.45, 7) is 6.17. The van der Waals surface area contributed by atoms with E-state index in [0.29, 0.717) is 0 Å². The summed E-state index contributed by atoms with van der Waals surface area (Å²) in [5.41, 5.74) is 0. The van der Waals surface area contributed by atoms with E-state index >= 15 is 0 Å². The van der Waals surface area contributed by atoms with Crippen LogP contribution in [0.3, 0.4) is 0 Å². The molecule has 9 heavy (non-hydrogen) atoms. The Morgan fingerprint density at radius 1 is 1.11 bits per heavy atom. The van der Waals surface area contributed by atoms with Crippen LogP contribution in [0.1, 0.15) is 33.6 Å². The van der Waals surface area contributed by atoms with Crippen LogP contribution in [0.15, 0.2) is 0 Å². The van der Waals surface area contributed by atoms with Crippen molar-refractivity contribution in [2.75, 3.05) is 0 Å². The molecule has 0 aliphatic carbocycles. The van der Waals surface area contributed by atoms with Crippen LogP contribution in [0.5, 0.6) is 0 Å². The van der Waals surface area contributed by atoms with Gasteiger partial charge in [-0.05, 0) is 25.7 Å². The van der Waals surface area contributed by atoms with Crippen molar-refractivity contribution in [2.45, 2.75) is 39.7 Å². The van der Waals surface area contributed by atoms with E-state index < -0.39 is 0 Å². The van der Waals surface area contributed by atoms with Crippen LogP contribution in [0.25, 0.3) is 0 Å². The second-order valence-corrected chi connectivity index (χ2v) is 2.82. The third-order valence-electron chi connectivity index (χ3n) is 1.16. The molecule has 0 aliphatic rings. The quantitative estimate of drug-likeness (QED) is 0.656. The monoisotopic (exact) mass is 179 g/mol. The first-order chi connectivity index (χ1) is 3.63. The average Bonchev–Trinajstić information content (AvgIpc) is 1.61. The van der Waals surface area contributed by atoms with E-state index in [9.17, 15) is 0 Å². The molecular formula is C7H16CuO. The molecule has 0 heterocycles. The third-order valence-corrected chi connectivity index (χ3v) is 1.16. The molecule has 0 bridgehead atoms. The van der Waals surface area contributed by atoms with E-state index in [0.717, 1.165) is 18.8 Å². The van der Waals surface area contributed by atoms with Crippen LogP contribution in [-0.2, 0) is 17.1 Å². The average molecular weight is 180 g/mol. The molecule has 1 unspecified atom stereocenters. The van der Waals surface area contributed by atoms with Gasteiger partial charge in [-0.1, -0.05) is 13.8 Å². The van der Waals surface area contributed by atoms with Gasteiger partial charge in [-0.3, -0.25) is 0 Å². The first-order valence-electron chi connectivity index (χ1n) is 3.31. The molecule has 1 atom stereocenters. The van der Waals surface area contributed by atoms with Crippen molar-refractivity contribution in [2.24, 2.45) is 5.92 Å². The zero-order valence-corrected chi connectivity index (χ0v) is 7.26. The van der Waals surface area contributed by atoms with Gasteiger partial charge in [-0.15, -0.1) is 0 Å². The topological polar surface area (TPSA) is 20.2 Å². The van der Waals surface area contributed by atoms with E-state index in [1.165, 1.54) is 0 Å². The second-order valence-electron chi connectivity index (χ2n) is 2.82. The third kappa shape index (κ3) is 11.9. The summed E-state index contributed by atoms with van der Waals surface area (Å²) in [6, 6.07) is 0. The molecule has 0 spiro atoms. The molecule has 1 radical (unpaired) electrons. The molecule has 0 fully saturated rings. The van der Waals surface area contributed by atoms with Gasteiger partial charge >= 0.3 is 0 Å². The van der Waals surface area contributed by atoms with Gasteiger partial charge < -0.3 is 5.11 Å². The molecule has 0 amide bonds. The standard InChI is InChI=1S/C7H16O.Cu/c1-6(2)4-5-7(3)8;/h6-8H,4-5H2,1-3H3;. The van der Waals surface area contributed by atoms with E-state index in [1.807, 2.05) is 6.92 Å². The molecule has 0 rings (SSSR count). The van der Waals surface area contributed by atoms with Crippen LogP contribution >= 0.6 is 0 Å². The molecule has 0 aromatic rings. The van der Waals surface area contributed by atoms with Crippen molar-refractivity contribution in [1.29, 1.82) is 0 Å². The molecular weight excluding hydrogens is 164 g/mol. The summed E-state index contributed by atoms with van der Waals surface area (Å²) in [7, 11) is 0. The Balaban J connectivity index is 0. The summed E-state index contributed by atoms with van der Waals surface area (Å²) < 4.78 is 0. The fraction of sp³-hybridized carbons (Fsp3) is 1.00. The Kier molecular flexibility index (Phi) is 8.93. The predicted octanol–water partition coefficient (Wildman–Crippen LogP) is 1.80. The summed E-state index contributed by atoms with van der Waals surface area (Å²) in [5, 5.41) is 8.80. The Labute approximate surface area is 68.3 Å². The van der Waals surface area contributed by atoms with Crippen molar-refractivity contribution in [1.82, 2.24) is 0 Å². The molecule has 0 saturated heterocycles. The minimum Gasteiger partial charge on any atom is -0.393 e. The van der Waals surface area contributed by atoms with Crippen molar-refractivity contribution in [3.05, 3.63) is 0 Å². The molecule has 0 saturated carbocycles. The van der Waals surface area contributed by atoms with Crippen LogP contribution in [0.2, 0.25) is 0 Å². The Bertz CT molecular complexity index is 44.9. The summed E-state index contributed by atoms with van der Waals surface area (Å²) in [4.78, 5) is 0. The molecule has 0 aliphatic heterocycles. The maximum Gasteiger partial charge on any atom is 0.0512 e. The number of hydrogen-bond donors (Lipinski definition) is 1. The minimum absolute atomic E-state index is 0. The van der Waals surface area contributed by atoms with Crippen LogP contribution in [0, 0.1) is 5.92 Å². The van der Waals surface area contributed by atoms with Crippen LogP contribution in [0.4, 0.5) is 0 Å². The largest absolute Gasteiger partial charge is 0.393 e. The Morgan fingerprint density at radius 3 is 1.67 bits per heavy atom. The first-order valence-corrected chi connectivity index (χ1v) is 3.31. The smallest absolute Gasteiger partial charge is 0.0512 e. The van der Waals surface area contributed by atoms with E-state index in [4.69, 9.17) is 5.11 Å². The number of aliphatic hydroxyl groups is 1. The van der Waals surface area contributed by atoms with Gasteiger partial charge in [0.2, 0.25) is 0 Å². The number of hydrogen-bond acceptors (Lipinski definition) is 1. The van der Waals surface area contributed by atoms with Crippen molar-refractivity contribution in [3.8, 4) is 0 Å². The van der Waals surface area contributed by atoms with Gasteiger partial charge in [0.05, 0.1) is 6.10 Å². The normalized spacial score (nSPS) is 13.0. The molecule has 61 valence electrons. The summed E-state index contributed by atoms with van der Waals surface area (Å²) in [5.74, 6) is 0.726. The Morgan fingerprint density at radius 2 is 1.56 bits per heavy atom. The molecule has 1 nitrogen and oxygen atoms in total. The van der Waals surface area contributed by atoms with Gasteiger partial charge in [0.15, 0.2) is 0 Å². The first kappa shape index (κ1) is 12.2. The van der Waals surface area contributed by atoms with Crippen LogP contribution < -0.4 is 0 Å². The van der Waals surface area contributed by atoms with Crippen molar-refractivity contribution in [3.63, 3.8) is 0 Å². The SMILES string of the molecule is CC(C)CCC(C)O.[Cu]. The molecule has 0 aromatic carbocycles. The number of rotatable bonds is 3. The predicted molar refractivity (Wildman–Crippen MR) is 35.8 cm³/mol. The van der Waals surface area contributed by atoms with Gasteiger partial charge in [0, 0.05) is 17.1 Å². The van der Waals surface area contributed by atoms with Gasteiger partial charge in [0.25, 0.3) is 0 Å². The fourth-order valence-corrected chi connectivity index (χ4v) is 0.575. The van der Waals surface area contributed by atoms with Crippen molar-refractivity contribution < 1.29 is 22.2 Å². The van der Waals surface area contributed by atoms with E-state index in [2.05, 4.69) is 13.8 Å². The molecule has 2 heteroatoms. The van der Waals surface area contributed by atoms with Gasteiger partial charge in [0.1, 0.15) is 0 Å². The fourth-order valence-electron chi connectivity index (χ4n) is 0.575. The molecule has 0 aromatic heterocycles. The summed E-state index contributed by atoms with van der Waals surface area (Å²) >= 11 is 0. The zero-order valence-electron chi connectivity index (χ0n) is 6.32. The van der Waals surface area contributed by atoms with Gasteiger partial charge in [-0.2, -0.15) is 0 Å². The zero-order chi connectivity index (χ0) is 6.57. The molecule has 1 N–H and O–H groups in total.